The normalized spacial score (nSPS) is 21.0. The SMILES string of the molecule is CC(=O)c1ccc(NC2CCN(CC3(O)CCCCC3)CC2)c([N+](=O)[O-])c1. The molecule has 1 aromatic carbocycles. The van der Waals surface area contributed by atoms with Crippen molar-refractivity contribution < 1.29 is 14.8 Å². The molecule has 7 heteroatoms. The van der Waals surface area contributed by atoms with Gasteiger partial charge in [0.25, 0.3) is 5.69 Å². The Hall–Kier alpha value is -1.99. The summed E-state index contributed by atoms with van der Waals surface area (Å²) in [5.74, 6) is -0.182. The summed E-state index contributed by atoms with van der Waals surface area (Å²) in [5.41, 5.74) is 0.221. The van der Waals surface area contributed by atoms with Crippen LogP contribution in [-0.4, -0.2) is 52.0 Å². The van der Waals surface area contributed by atoms with E-state index in [0.29, 0.717) is 11.3 Å². The van der Waals surface area contributed by atoms with Gasteiger partial charge in [-0.3, -0.25) is 14.9 Å². The van der Waals surface area contributed by atoms with Gasteiger partial charge in [0.15, 0.2) is 5.78 Å². The number of likely N-dealkylation sites (tertiary alicyclic amines) is 1. The number of nitrogens with zero attached hydrogens (tertiary/aromatic N) is 2. The minimum atomic E-state index is -0.542. The quantitative estimate of drug-likeness (QED) is 0.450. The molecule has 0 radical (unpaired) electrons. The molecule has 2 N–H and O–H groups in total. The number of hydrogen-bond acceptors (Lipinski definition) is 6. The molecule has 0 amide bonds. The number of β-amino-alcohol motifs (C(OH)–C–C–N with tert-alkyl or cyclic N) is 1. The Balaban J connectivity index is 1.57. The van der Waals surface area contributed by atoms with E-state index in [1.807, 2.05) is 0 Å². The van der Waals surface area contributed by atoms with Crippen molar-refractivity contribution >= 4 is 17.2 Å². The molecule has 1 heterocycles. The van der Waals surface area contributed by atoms with Crippen LogP contribution in [0.3, 0.4) is 0 Å². The molecule has 1 saturated carbocycles. The first kappa shape index (κ1) is 19.8. The maximum absolute atomic E-state index is 11.5. The molecule has 0 aromatic heterocycles. The summed E-state index contributed by atoms with van der Waals surface area (Å²) >= 11 is 0. The molecular weight excluding hydrogens is 346 g/mol. The number of ketones is 1. The average molecular weight is 375 g/mol. The van der Waals surface area contributed by atoms with Crippen LogP contribution in [0.15, 0.2) is 18.2 Å². The number of nitro groups is 1. The van der Waals surface area contributed by atoms with Crippen LogP contribution in [0.5, 0.6) is 0 Å². The lowest BCUT2D eigenvalue weighted by molar-refractivity contribution is -0.384. The van der Waals surface area contributed by atoms with Crippen LogP contribution < -0.4 is 5.32 Å². The Labute approximate surface area is 159 Å². The topological polar surface area (TPSA) is 95.7 Å². The maximum atomic E-state index is 11.5. The Morgan fingerprint density at radius 1 is 1.30 bits per heavy atom. The molecule has 2 aliphatic rings. The lowest BCUT2D eigenvalue weighted by Crippen LogP contribution is -2.48. The van der Waals surface area contributed by atoms with Crippen molar-refractivity contribution in [2.75, 3.05) is 25.0 Å². The van der Waals surface area contributed by atoms with Gasteiger partial charge in [-0.2, -0.15) is 0 Å². The van der Waals surface area contributed by atoms with Crippen molar-refractivity contribution in [3.8, 4) is 0 Å². The summed E-state index contributed by atoms with van der Waals surface area (Å²) in [4.78, 5) is 24.7. The fourth-order valence-electron chi connectivity index (χ4n) is 4.26. The van der Waals surface area contributed by atoms with Crippen LogP contribution in [0.25, 0.3) is 0 Å². The first-order valence-electron chi connectivity index (χ1n) is 9.87. The summed E-state index contributed by atoms with van der Waals surface area (Å²) in [6.45, 7) is 3.88. The van der Waals surface area contributed by atoms with E-state index in [0.717, 1.165) is 58.2 Å². The molecule has 0 spiro atoms. The summed E-state index contributed by atoms with van der Waals surface area (Å²) < 4.78 is 0. The third kappa shape index (κ3) is 5.05. The van der Waals surface area contributed by atoms with Crippen molar-refractivity contribution in [3.63, 3.8) is 0 Å². The van der Waals surface area contributed by atoms with Crippen LogP contribution in [0.4, 0.5) is 11.4 Å². The van der Waals surface area contributed by atoms with Gasteiger partial charge in [0.1, 0.15) is 5.69 Å². The molecule has 0 bridgehead atoms. The van der Waals surface area contributed by atoms with E-state index < -0.39 is 10.5 Å². The van der Waals surface area contributed by atoms with Crippen LogP contribution in [0, 0.1) is 10.1 Å². The lowest BCUT2D eigenvalue weighted by atomic mass is 9.84. The summed E-state index contributed by atoms with van der Waals surface area (Å²) in [7, 11) is 0. The van der Waals surface area contributed by atoms with Crippen molar-refractivity contribution in [1.82, 2.24) is 4.90 Å². The molecule has 3 rings (SSSR count). The van der Waals surface area contributed by atoms with E-state index in [9.17, 15) is 20.0 Å². The van der Waals surface area contributed by atoms with Gasteiger partial charge in [-0.25, -0.2) is 0 Å². The Kier molecular flexibility index (Phi) is 6.11. The second kappa shape index (κ2) is 8.35. The number of hydrogen-bond donors (Lipinski definition) is 2. The minimum Gasteiger partial charge on any atom is -0.389 e. The molecular formula is C20H29N3O4. The number of aliphatic hydroxyl groups is 1. The molecule has 0 atom stereocenters. The number of nitrogens with one attached hydrogen (secondary N) is 1. The average Bonchev–Trinajstić information content (AvgIpc) is 2.63. The standard InChI is InChI=1S/C20H29N3O4/c1-15(24)16-5-6-18(19(13-16)23(26)27)21-17-7-11-22(12-8-17)14-20(25)9-3-2-4-10-20/h5-6,13,17,21,25H,2-4,7-12,14H2,1H3. The number of rotatable bonds is 6. The number of piperidine rings is 1. The van der Waals surface area contributed by atoms with E-state index in [1.165, 1.54) is 19.4 Å². The molecule has 1 aliphatic carbocycles. The molecule has 0 unspecified atom stereocenters. The van der Waals surface area contributed by atoms with Gasteiger partial charge in [-0.15, -0.1) is 0 Å². The molecule has 1 saturated heterocycles. The van der Waals surface area contributed by atoms with E-state index in [-0.39, 0.29) is 17.5 Å². The summed E-state index contributed by atoms with van der Waals surface area (Å²) in [5, 5.41) is 25.4. The molecule has 148 valence electrons. The second-order valence-electron chi connectivity index (χ2n) is 8.02. The highest BCUT2D eigenvalue weighted by Gasteiger charge is 2.33. The minimum absolute atomic E-state index is 0.0540. The van der Waals surface area contributed by atoms with Crippen molar-refractivity contribution in [2.24, 2.45) is 0 Å². The number of nitro benzene ring substituents is 1. The highest BCUT2D eigenvalue weighted by molar-refractivity contribution is 5.95. The fraction of sp³-hybridized carbons (Fsp3) is 0.650. The molecule has 1 aromatic rings. The third-order valence-electron chi connectivity index (χ3n) is 5.85. The largest absolute Gasteiger partial charge is 0.389 e. The Morgan fingerprint density at radius 3 is 2.56 bits per heavy atom. The number of anilines is 1. The number of carbonyl (C=O) groups excluding carboxylic acids is 1. The Morgan fingerprint density at radius 2 is 1.96 bits per heavy atom. The molecule has 7 nitrogen and oxygen atoms in total. The van der Waals surface area contributed by atoms with Crippen molar-refractivity contribution in [3.05, 3.63) is 33.9 Å². The monoisotopic (exact) mass is 375 g/mol. The van der Waals surface area contributed by atoms with Crippen LogP contribution in [-0.2, 0) is 0 Å². The molecule has 1 aliphatic heterocycles. The summed E-state index contributed by atoms with van der Waals surface area (Å²) in [6.07, 6.45) is 6.96. The maximum Gasteiger partial charge on any atom is 0.293 e. The van der Waals surface area contributed by atoms with Crippen molar-refractivity contribution in [2.45, 2.75) is 63.5 Å². The molecule has 27 heavy (non-hydrogen) atoms. The predicted octanol–water partition coefficient (Wildman–Crippen LogP) is 3.37. The van der Waals surface area contributed by atoms with Crippen LogP contribution in [0.1, 0.15) is 62.2 Å². The van der Waals surface area contributed by atoms with Gasteiger partial charge in [0, 0.05) is 37.3 Å². The molecule has 2 fully saturated rings. The zero-order valence-corrected chi connectivity index (χ0v) is 15.9. The smallest absolute Gasteiger partial charge is 0.293 e. The van der Waals surface area contributed by atoms with Gasteiger partial charge >= 0.3 is 0 Å². The fourth-order valence-corrected chi connectivity index (χ4v) is 4.26. The van der Waals surface area contributed by atoms with E-state index in [2.05, 4.69) is 10.2 Å². The van der Waals surface area contributed by atoms with Gasteiger partial charge < -0.3 is 15.3 Å². The highest BCUT2D eigenvalue weighted by atomic mass is 16.6. The van der Waals surface area contributed by atoms with Gasteiger partial charge in [0.05, 0.1) is 10.5 Å². The number of Topliss-reactive ketones (excluding diaryl/α,β-unsaturated/α-hetero) is 1. The first-order chi connectivity index (χ1) is 12.9. The zero-order chi connectivity index (χ0) is 19.4. The number of carbonyl (C=O) groups is 1. The zero-order valence-electron chi connectivity index (χ0n) is 15.9. The van der Waals surface area contributed by atoms with E-state index >= 15 is 0 Å². The Bertz CT molecular complexity index is 692. The van der Waals surface area contributed by atoms with Crippen molar-refractivity contribution in [1.29, 1.82) is 0 Å². The van der Waals surface area contributed by atoms with E-state index in [1.54, 1.807) is 12.1 Å². The highest BCUT2D eigenvalue weighted by Crippen LogP contribution is 2.31. The predicted molar refractivity (Wildman–Crippen MR) is 104 cm³/mol. The van der Waals surface area contributed by atoms with Crippen LogP contribution in [0.2, 0.25) is 0 Å². The summed E-state index contributed by atoms with van der Waals surface area (Å²) in [6, 6.07) is 4.76. The van der Waals surface area contributed by atoms with Gasteiger partial charge in [-0.05, 0) is 44.7 Å². The van der Waals surface area contributed by atoms with Crippen LogP contribution >= 0.6 is 0 Å². The van der Waals surface area contributed by atoms with Gasteiger partial charge in [0.2, 0.25) is 0 Å². The second-order valence-corrected chi connectivity index (χ2v) is 8.02. The van der Waals surface area contributed by atoms with Gasteiger partial charge in [-0.1, -0.05) is 19.3 Å². The third-order valence-corrected chi connectivity index (χ3v) is 5.85. The first-order valence-corrected chi connectivity index (χ1v) is 9.87. The van der Waals surface area contributed by atoms with E-state index in [4.69, 9.17) is 0 Å². The number of benzene rings is 1. The lowest BCUT2D eigenvalue weighted by Gasteiger charge is -2.40.